The van der Waals surface area contributed by atoms with Crippen molar-refractivity contribution in [1.29, 1.82) is 0 Å². The van der Waals surface area contributed by atoms with Crippen LogP contribution in [0.1, 0.15) is 19.6 Å². The molecule has 2 aliphatic rings. The van der Waals surface area contributed by atoms with E-state index in [9.17, 15) is 4.79 Å². The highest BCUT2D eigenvalue weighted by molar-refractivity contribution is 5.80. The molecule has 8 nitrogen and oxygen atoms in total. The number of amides is 1. The SMILES string of the molecule is CC(C)CN=C(NCCc1ccco1)N1CCN(CC(=O)N2CCOCC2)CC1. The molecule has 29 heavy (non-hydrogen) atoms. The Morgan fingerprint density at radius 1 is 1.14 bits per heavy atom. The first-order valence-corrected chi connectivity index (χ1v) is 10.8. The molecule has 162 valence electrons. The summed E-state index contributed by atoms with van der Waals surface area (Å²) < 4.78 is 10.8. The number of nitrogens with zero attached hydrogens (tertiary/aromatic N) is 4. The lowest BCUT2D eigenvalue weighted by Gasteiger charge is -2.37. The summed E-state index contributed by atoms with van der Waals surface area (Å²) in [5.74, 6) is 2.67. The fourth-order valence-electron chi connectivity index (χ4n) is 3.51. The van der Waals surface area contributed by atoms with Crippen LogP contribution in [0.15, 0.2) is 27.8 Å². The van der Waals surface area contributed by atoms with Gasteiger partial charge < -0.3 is 24.3 Å². The number of ether oxygens (including phenoxy) is 1. The molecule has 1 amide bonds. The largest absolute Gasteiger partial charge is 0.469 e. The molecule has 0 radical (unpaired) electrons. The van der Waals surface area contributed by atoms with Gasteiger partial charge in [0, 0.05) is 58.8 Å². The quantitative estimate of drug-likeness (QED) is 0.537. The summed E-state index contributed by atoms with van der Waals surface area (Å²) in [4.78, 5) is 23.8. The molecule has 0 spiro atoms. The van der Waals surface area contributed by atoms with Crippen LogP contribution in [-0.2, 0) is 16.0 Å². The number of hydrogen-bond acceptors (Lipinski definition) is 5. The van der Waals surface area contributed by atoms with Crippen molar-refractivity contribution in [3.63, 3.8) is 0 Å². The summed E-state index contributed by atoms with van der Waals surface area (Å²) >= 11 is 0. The van der Waals surface area contributed by atoms with Crippen LogP contribution < -0.4 is 5.32 Å². The summed E-state index contributed by atoms with van der Waals surface area (Å²) in [5.41, 5.74) is 0. The molecule has 2 aliphatic heterocycles. The van der Waals surface area contributed by atoms with Crippen LogP contribution in [0.25, 0.3) is 0 Å². The van der Waals surface area contributed by atoms with E-state index in [0.29, 0.717) is 38.8 Å². The minimum atomic E-state index is 0.215. The number of aliphatic imine (C=N–C) groups is 1. The van der Waals surface area contributed by atoms with Gasteiger partial charge >= 0.3 is 0 Å². The molecule has 8 heteroatoms. The average molecular weight is 406 g/mol. The van der Waals surface area contributed by atoms with E-state index in [1.165, 1.54) is 0 Å². The second-order valence-electron chi connectivity index (χ2n) is 8.07. The molecule has 0 aromatic carbocycles. The van der Waals surface area contributed by atoms with Crippen molar-refractivity contribution in [3.8, 4) is 0 Å². The van der Waals surface area contributed by atoms with Gasteiger partial charge in [-0.3, -0.25) is 14.7 Å². The van der Waals surface area contributed by atoms with E-state index >= 15 is 0 Å². The molecule has 2 saturated heterocycles. The van der Waals surface area contributed by atoms with Gasteiger partial charge in [-0.15, -0.1) is 0 Å². The van der Waals surface area contributed by atoms with Gasteiger partial charge in [0.15, 0.2) is 5.96 Å². The van der Waals surface area contributed by atoms with E-state index in [1.54, 1.807) is 6.26 Å². The molecule has 0 aliphatic carbocycles. The number of rotatable bonds is 7. The normalized spacial score (nSPS) is 19.1. The van der Waals surface area contributed by atoms with Crippen molar-refractivity contribution < 1.29 is 13.9 Å². The zero-order valence-electron chi connectivity index (χ0n) is 17.8. The molecular weight excluding hydrogens is 370 g/mol. The number of carbonyl (C=O) groups excluding carboxylic acids is 1. The minimum Gasteiger partial charge on any atom is -0.469 e. The number of carbonyl (C=O) groups is 1. The van der Waals surface area contributed by atoms with E-state index in [1.807, 2.05) is 17.0 Å². The lowest BCUT2D eigenvalue weighted by atomic mass is 10.2. The Labute approximate surface area is 173 Å². The molecular formula is C21H35N5O3. The van der Waals surface area contributed by atoms with Crippen LogP contribution >= 0.6 is 0 Å². The Kier molecular flexibility index (Phi) is 8.37. The van der Waals surface area contributed by atoms with Crippen LogP contribution in [-0.4, -0.2) is 98.7 Å². The molecule has 3 heterocycles. The third kappa shape index (κ3) is 7.04. The van der Waals surface area contributed by atoms with Crippen molar-refractivity contribution in [2.75, 3.05) is 72.1 Å². The standard InChI is InChI=1S/C21H35N5O3/c1-18(2)16-23-21(22-6-5-19-4-3-13-29-19)26-9-7-24(8-10-26)17-20(27)25-11-14-28-15-12-25/h3-4,13,18H,5-12,14-17H2,1-2H3,(H,22,23). The highest BCUT2D eigenvalue weighted by Crippen LogP contribution is 2.06. The van der Waals surface area contributed by atoms with Gasteiger partial charge in [-0.1, -0.05) is 13.8 Å². The predicted molar refractivity (Wildman–Crippen MR) is 113 cm³/mol. The summed E-state index contributed by atoms with van der Waals surface area (Å²) in [5, 5.41) is 3.50. The van der Waals surface area contributed by atoms with Crippen LogP contribution in [0.5, 0.6) is 0 Å². The third-order valence-corrected chi connectivity index (χ3v) is 5.24. The monoisotopic (exact) mass is 405 g/mol. The highest BCUT2D eigenvalue weighted by atomic mass is 16.5. The maximum absolute atomic E-state index is 12.5. The van der Waals surface area contributed by atoms with Crippen LogP contribution in [0.4, 0.5) is 0 Å². The van der Waals surface area contributed by atoms with E-state index in [-0.39, 0.29) is 5.91 Å². The highest BCUT2D eigenvalue weighted by Gasteiger charge is 2.24. The van der Waals surface area contributed by atoms with Gasteiger partial charge in [-0.05, 0) is 18.1 Å². The summed E-state index contributed by atoms with van der Waals surface area (Å²) in [6, 6.07) is 3.91. The lowest BCUT2D eigenvalue weighted by molar-refractivity contribution is -0.136. The molecule has 0 unspecified atom stereocenters. The van der Waals surface area contributed by atoms with E-state index < -0.39 is 0 Å². The Hall–Kier alpha value is -2.06. The Morgan fingerprint density at radius 3 is 2.55 bits per heavy atom. The van der Waals surface area contributed by atoms with Crippen molar-refractivity contribution >= 4 is 11.9 Å². The van der Waals surface area contributed by atoms with Gasteiger partial charge in [0.25, 0.3) is 0 Å². The predicted octanol–water partition coefficient (Wildman–Crippen LogP) is 0.900. The fraction of sp³-hybridized carbons (Fsp3) is 0.714. The van der Waals surface area contributed by atoms with Crippen molar-refractivity contribution in [2.45, 2.75) is 20.3 Å². The van der Waals surface area contributed by atoms with Gasteiger partial charge in [-0.25, -0.2) is 0 Å². The summed E-state index contributed by atoms with van der Waals surface area (Å²) in [7, 11) is 0. The number of nitrogens with one attached hydrogen (secondary N) is 1. The molecule has 1 N–H and O–H groups in total. The number of morpholine rings is 1. The Balaban J connectivity index is 1.46. The van der Waals surface area contributed by atoms with Gasteiger partial charge in [-0.2, -0.15) is 0 Å². The number of furan rings is 1. The maximum atomic E-state index is 12.5. The molecule has 0 saturated carbocycles. The fourth-order valence-corrected chi connectivity index (χ4v) is 3.51. The second kappa shape index (κ2) is 11.2. The topological polar surface area (TPSA) is 73.6 Å². The lowest BCUT2D eigenvalue weighted by Crippen LogP contribution is -2.55. The van der Waals surface area contributed by atoms with Crippen molar-refractivity contribution in [2.24, 2.45) is 10.9 Å². The molecule has 2 fully saturated rings. The summed E-state index contributed by atoms with van der Waals surface area (Å²) in [6.45, 7) is 12.7. The smallest absolute Gasteiger partial charge is 0.236 e. The molecule has 0 bridgehead atoms. The van der Waals surface area contributed by atoms with Crippen LogP contribution in [0, 0.1) is 5.92 Å². The Bertz CT molecular complexity index is 633. The Morgan fingerprint density at radius 2 is 1.90 bits per heavy atom. The van der Waals surface area contributed by atoms with E-state index in [4.69, 9.17) is 14.1 Å². The number of hydrogen-bond donors (Lipinski definition) is 1. The zero-order chi connectivity index (χ0) is 20.5. The van der Waals surface area contributed by atoms with Crippen LogP contribution in [0.3, 0.4) is 0 Å². The number of guanidine groups is 1. The molecule has 3 rings (SSSR count). The second-order valence-corrected chi connectivity index (χ2v) is 8.07. The van der Waals surface area contributed by atoms with Crippen molar-refractivity contribution in [1.82, 2.24) is 20.0 Å². The minimum absolute atomic E-state index is 0.215. The molecule has 1 aromatic rings. The molecule has 1 aromatic heterocycles. The van der Waals surface area contributed by atoms with Crippen LogP contribution in [0.2, 0.25) is 0 Å². The average Bonchev–Trinajstić information content (AvgIpc) is 3.25. The first kappa shape index (κ1) is 21.6. The summed E-state index contributed by atoms with van der Waals surface area (Å²) in [6.07, 6.45) is 2.54. The van der Waals surface area contributed by atoms with Gasteiger partial charge in [0.1, 0.15) is 5.76 Å². The maximum Gasteiger partial charge on any atom is 0.236 e. The number of piperazine rings is 1. The van der Waals surface area contributed by atoms with Gasteiger partial charge in [0.05, 0.1) is 26.0 Å². The first-order chi connectivity index (χ1) is 14.1. The molecule has 0 atom stereocenters. The van der Waals surface area contributed by atoms with Gasteiger partial charge in [0.2, 0.25) is 5.91 Å². The third-order valence-electron chi connectivity index (χ3n) is 5.24. The van der Waals surface area contributed by atoms with Crippen molar-refractivity contribution in [3.05, 3.63) is 24.2 Å². The zero-order valence-corrected chi connectivity index (χ0v) is 17.8. The first-order valence-electron chi connectivity index (χ1n) is 10.8. The van der Waals surface area contributed by atoms with E-state index in [0.717, 1.165) is 57.4 Å². The van der Waals surface area contributed by atoms with E-state index in [2.05, 4.69) is 29.0 Å².